The number of carbonyl (C=O) groups is 2. The van der Waals surface area contributed by atoms with Crippen LogP contribution in [0.3, 0.4) is 0 Å². The molecule has 0 aliphatic carbocycles. The number of carbonyl (C=O) groups excluding carboxylic acids is 1. The van der Waals surface area contributed by atoms with Crippen molar-refractivity contribution < 1.29 is 19.4 Å². The van der Waals surface area contributed by atoms with Crippen molar-refractivity contribution in [3.63, 3.8) is 0 Å². The smallest absolute Gasteiger partial charge is 0.333 e. The van der Waals surface area contributed by atoms with Crippen molar-refractivity contribution in [2.24, 2.45) is 0 Å². The van der Waals surface area contributed by atoms with Crippen LogP contribution in [-0.4, -0.2) is 23.7 Å². The molecule has 0 rings (SSSR count). The highest BCUT2D eigenvalue weighted by Gasteiger charge is 2.08. The zero-order valence-corrected chi connectivity index (χ0v) is 8.21. The Kier molecular flexibility index (Phi) is 5.29. The summed E-state index contributed by atoms with van der Waals surface area (Å²) in [6.07, 6.45) is 0.663. The molecule has 0 aromatic rings. The molecule has 4 heteroatoms. The van der Waals surface area contributed by atoms with Crippen molar-refractivity contribution in [2.75, 3.05) is 6.61 Å². The summed E-state index contributed by atoms with van der Waals surface area (Å²) in [5, 5.41) is 8.45. The first kappa shape index (κ1) is 12.4. The minimum Gasteiger partial charge on any atom is -0.478 e. The summed E-state index contributed by atoms with van der Waals surface area (Å²) in [5.74, 6) is -1.55. The molecule has 0 saturated heterocycles. The first-order valence-electron chi connectivity index (χ1n) is 4.25. The highest BCUT2D eigenvalue weighted by atomic mass is 16.5. The van der Waals surface area contributed by atoms with E-state index in [1.807, 2.05) is 0 Å². The van der Waals surface area contributed by atoms with E-state index in [0.29, 0.717) is 12.0 Å². The SMILES string of the molecule is C=C(CCOC(=O)C(=C)CC)C(=O)O. The van der Waals surface area contributed by atoms with Crippen LogP contribution in [0.4, 0.5) is 0 Å². The van der Waals surface area contributed by atoms with Gasteiger partial charge >= 0.3 is 11.9 Å². The van der Waals surface area contributed by atoms with Crippen LogP contribution < -0.4 is 0 Å². The fraction of sp³-hybridized carbons (Fsp3) is 0.400. The third kappa shape index (κ3) is 4.45. The summed E-state index contributed by atoms with van der Waals surface area (Å²) in [6, 6.07) is 0. The van der Waals surface area contributed by atoms with E-state index >= 15 is 0 Å². The van der Waals surface area contributed by atoms with Gasteiger partial charge in [0.05, 0.1) is 6.61 Å². The highest BCUT2D eigenvalue weighted by Crippen LogP contribution is 2.03. The third-order valence-corrected chi connectivity index (χ3v) is 1.65. The summed E-state index contributed by atoms with van der Waals surface area (Å²) in [7, 11) is 0. The number of hydrogen-bond acceptors (Lipinski definition) is 3. The molecule has 14 heavy (non-hydrogen) atoms. The Morgan fingerprint density at radius 2 is 1.86 bits per heavy atom. The molecule has 0 saturated carbocycles. The van der Waals surface area contributed by atoms with Crippen LogP contribution in [0.2, 0.25) is 0 Å². The van der Waals surface area contributed by atoms with Crippen LogP contribution in [0.25, 0.3) is 0 Å². The summed E-state index contributed by atoms with van der Waals surface area (Å²) >= 11 is 0. The molecule has 4 nitrogen and oxygen atoms in total. The second kappa shape index (κ2) is 5.96. The summed E-state index contributed by atoms with van der Waals surface area (Å²) < 4.78 is 4.75. The first-order chi connectivity index (χ1) is 6.49. The van der Waals surface area contributed by atoms with Crippen LogP contribution in [0.1, 0.15) is 19.8 Å². The lowest BCUT2D eigenvalue weighted by Crippen LogP contribution is -2.10. The van der Waals surface area contributed by atoms with E-state index in [9.17, 15) is 9.59 Å². The molecule has 0 fully saturated rings. The fourth-order valence-corrected chi connectivity index (χ4v) is 0.620. The number of esters is 1. The standard InChI is InChI=1S/C10H14O4/c1-4-7(2)10(13)14-6-5-8(3)9(11)12/h2-6H2,1H3,(H,11,12). The Bertz CT molecular complexity index is 265. The van der Waals surface area contributed by atoms with E-state index < -0.39 is 11.9 Å². The number of carboxylic acid groups (broad SMARTS) is 1. The quantitative estimate of drug-likeness (QED) is 0.519. The number of rotatable bonds is 6. The third-order valence-electron chi connectivity index (χ3n) is 1.65. The van der Waals surface area contributed by atoms with Gasteiger partial charge < -0.3 is 9.84 Å². The molecule has 0 aliphatic rings. The molecule has 78 valence electrons. The van der Waals surface area contributed by atoms with Crippen LogP contribution in [0.15, 0.2) is 24.3 Å². The second-order valence-electron chi connectivity index (χ2n) is 2.75. The van der Waals surface area contributed by atoms with Gasteiger partial charge in [0, 0.05) is 17.6 Å². The molecule has 0 radical (unpaired) electrons. The Morgan fingerprint density at radius 1 is 1.29 bits per heavy atom. The lowest BCUT2D eigenvalue weighted by atomic mass is 10.2. The van der Waals surface area contributed by atoms with Gasteiger partial charge in [-0.25, -0.2) is 9.59 Å². The van der Waals surface area contributed by atoms with Gasteiger partial charge in [-0.1, -0.05) is 20.1 Å². The topological polar surface area (TPSA) is 63.6 Å². The van der Waals surface area contributed by atoms with Crippen LogP contribution in [0, 0.1) is 0 Å². The lowest BCUT2D eigenvalue weighted by molar-refractivity contribution is -0.140. The lowest BCUT2D eigenvalue weighted by Gasteiger charge is -2.04. The highest BCUT2D eigenvalue weighted by molar-refractivity contribution is 5.88. The average Bonchev–Trinajstić information content (AvgIpc) is 2.15. The van der Waals surface area contributed by atoms with Crippen LogP contribution >= 0.6 is 0 Å². The van der Waals surface area contributed by atoms with E-state index in [1.165, 1.54) is 0 Å². The van der Waals surface area contributed by atoms with Crippen molar-refractivity contribution in [2.45, 2.75) is 19.8 Å². The predicted octanol–water partition coefficient (Wildman–Crippen LogP) is 1.53. The Labute approximate surface area is 82.9 Å². The van der Waals surface area contributed by atoms with Crippen molar-refractivity contribution in [1.82, 2.24) is 0 Å². The zero-order chi connectivity index (χ0) is 11.1. The summed E-state index contributed by atoms with van der Waals surface area (Å²) in [5.41, 5.74) is 0.408. The molecule has 0 heterocycles. The monoisotopic (exact) mass is 198 g/mol. The van der Waals surface area contributed by atoms with Gasteiger partial charge in [0.25, 0.3) is 0 Å². The predicted molar refractivity (Wildman–Crippen MR) is 51.8 cm³/mol. The molecule has 0 unspecified atom stereocenters. The largest absolute Gasteiger partial charge is 0.478 e. The van der Waals surface area contributed by atoms with E-state index in [0.717, 1.165) is 0 Å². The summed E-state index contributed by atoms with van der Waals surface area (Å²) in [6.45, 7) is 8.62. The molecule has 0 bridgehead atoms. The van der Waals surface area contributed by atoms with E-state index in [4.69, 9.17) is 9.84 Å². The van der Waals surface area contributed by atoms with Crippen molar-refractivity contribution >= 4 is 11.9 Å². The molecule has 0 amide bonds. The van der Waals surface area contributed by atoms with Gasteiger partial charge in [-0.2, -0.15) is 0 Å². The average molecular weight is 198 g/mol. The molecular weight excluding hydrogens is 184 g/mol. The maximum Gasteiger partial charge on any atom is 0.333 e. The van der Waals surface area contributed by atoms with Crippen LogP contribution in [0.5, 0.6) is 0 Å². The van der Waals surface area contributed by atoms with Crippen molar-refractivity contribution in [1.29, 1.82) is 0 Å². The minimum atomic E-state index is -1.07. The maximum atomic E-state index is 11.0. The number of carboxylic acids is 1. The minimum absolute atomic E-state index is 0.0277. The van der Waals surface area contributed by atoms with Gasteiger partial charge in [-0.05, 0) is 6.42 Å². The Hall–Kier alpha value is -1.58. The van der Waals surface area contributed by atoms with Gasteiger partial charge in [-0.3, -0.25) is 0 Å². The molecule has 0 aliphatic heterocycles. The van der Waals surface area contributed by atoms with Gasteiger partial charge in [0.1, 0.15) is 0 Å². The van der Waals surface area contributed by atoms with Crippen LogP contribution in [-0.2, 0) is 14.3 Å². The van der Waals surface area contributed by atoms with Gasteiger partial charge in [0.2, 0.25) is 0 Å². The van der Waals surface area contributed by atoms with E-state index in [1.54, 1.807) is 6.92 Å². The molecule has 0 aromatic carbocycles. The van der Waals surface area contributed by atoms with E-state index in [2.05, 4.69) is 13.2 Å². The molecule has 0 aromatic heterocycles. The van der Waals surface area contributed by atoms with E-state index in [-0.39, 0.29) is 18.6 Å². The summed E-state index contributed by atoms with van der Waals surface area (Å²) in [4.78, 5) is 21.3. The molecular formula is C10H14O4. The number of hydrogen-bond donors (Lipinski definition) is 1. The van der Waals surface area contributed by atoms with Gasteiger partial charge in [-0.15, -0.1) is 0 Å². The number of ether oxygens (including phenoxy) is 1. The molecule has 0 spiro atoms. The number of aliphatic carboxylic acids is 1. The normalized spacial score (nSPS) is 9.21. The zero-order valence-electron chi connectivity index (χ0n) is 8.21. The second-order valence-corrected chi connectivity index (χ2v) is 2.75. The first-order valence-corrected chi connectivity index (χ1v) is 4.25. The maximum absolute atomic E-state index is 11.0. The molecule has 0 atom stereocenters. The van der Waals surface area contributed by atoms with Crippen molar-refractivity contribution in [3.05, 3.63) is 24.3 Å². The fourth-order valence-electron chi connectivity index (χ4n) is 0.620. The van der Waals surface area contributed by atoms with Crippen molar-refractivity contribution in [3.8, 4) is 0 Å². The van der Waals surface area contributed by atoms with Gasteiger partial charge in [0.15, 0.2) is 0 Å². The molecule has 1 N–H and O–H groups in total. The Balaban J connectivity index is 3.75. The Morgan fingerprint density at radius 3 is 2.29 bits per heavy atom.